The fourth-order valence-corrected chi connectivity index (χ4v) is 3.73. The topological polar surface area (TPSA) is 46.2 Å². The van der Waals surface area contributed by atoms with E-state index in [1.165, 1.54) is 0 Å². The first-order valence-corrected chi connectivity index (χ1v) is 9.27. The van der Waals surface area contributed by atoms with Crippen molar-refractivity contribution in [2.75, 3.05) is 4.72 Å². The maximum Gasteiger partial charge on any atom is 0.261 e. The highest BCUT2D eigenvalue weighted by molar-refractivity contribution is 9.10. The Morgan fingerprint density at radius 2 is 1.39 bits per heavy atom. The molecule has 3 aromatic rings. The summed E-state index contributed by atoms with van der Waals surface area (Å²) in [6.07, 6.45) is 0. The highest BCUT2D eigenvalue weighted by Gasteiger charge is 2.16. The smallest absolute Gasteiger partial charge is 0.261 e. The van der Waals surface area contributed by atoms with Gasteiger partial charge in [-0.25, -0.2) is 8.42 Å². The molecule has 3 rings (SSSR count). The average Bonchev–Trinajstić information content (AvgIpc) is 2.58. The van der Waals surface area contributed by atoms with Crippen LogP contribution in [0.2, 0.25) is 0 Å². The van der Waals surface area contributed by atoms with Crippen LogP contribution in [0, 0.1) is 0 Å². The molecule has 0 aliphatic heterocycles. The van der Waals surface area contributed by atoms with Crippen LogP contribution >= 0.6 is 15.9 Å². The third kappa shape index (κ3) is 3.63. The van der Waals surface area contributed by atoms with Gasteiger partial charge >= 0.3 is 0 Å². The molecule has 0 aliphatic carbocycles. The van der Waals surface area contributed by atoms with Gasteiger partial charge in [-0.2, -0.15) is 0 Å². The molecule has 116 valence electrons. The van der Waals surface area contributed by atoms with E-state index in [4.69, 9.17) is 0 Å². The van der Waals surface area contributed by atoms with Crippen LogP contribution in [-0.4, -0.2) is 8.42 Å². The van der Waals surface area contributed by atoms with Crippen molar-refractivity contribution in [3.05, 3.63) is 83.3 Å². The molecule has 0 radical (unpaired) electrons. The second-order valence-corrected chi connectivity index (χ2v) is 7.57. The van der Waals surface area contributed by atoms with Gasteiger partial charge in [0.1, 0.15) is 0 Å². The number of anilines is 1. The Bertz CT molecular complexity index is 910. The highest BCUT2D eigenvalue weighted by atomic mass is 79.9. The maximum atomic E-state index is 12.5. The fourth-order valence-electron chi connectivity index (χ4n) is 2.27. The molecule has 0 heterocycles. The van der Waals surface area contributed by atoms with Crippen LogP contribution < -0.4 is 4.72 Å². The van der Waals surface area contributed by atoms with Crippen LogP contribution in [0.4, 0.5) is 5.69 Å². The van der Waals surface area contributed by atoms with E-state index >= 15 is 0 Å². The molecule has 3 nitrogen and oxygen atoms in total. The Morgan fingerprint density at radius 3 is 2.04 bits per heavy atom. The Hall–Kier alpha value is -2.11. The van der Waals surface area contributed by atoms with Crippen molar-refractivity contribution in [3.8, 4) is 11.1 Å². The van der Waals surface area contributed by atoms with Gasteiger partial charge in [-0.3, -0.25) is 4.72 Å². The molecule has 0 atom stereocenters. The van der Waals surface area contributed by atoms with E-state index in [0.29, 0.717) is 5.69 Å². The summed E-state index contributed by atoms with van der Waals surface area (Å²) in [4.78, 5) is 0.238. The zero-order valence-corrected chi connectivity index (χ0v) is 14.5. The zero-order valence-electron chi connectivity index (χ0n) is 12.1. The van der Waals surface area contributed by atoms with E-state index < -0.39 is 10.0 Å². The third-order valence-electron chi connectivity index (χ3n) is 3.36. The SMILES string of the molecule is O=S(=O)(Nc1ccc(Br)cc1-c1ccccc1)c1ccccc1. The van der Waals surface area contributed by atoms with Gasteiger partial charge in [0, 0.05) is 10.0 Å². The highest BCUT2D eigenvalue weighted by Crippen LogP contribution is 2.32. The molecule has 23 heavy (non-hydrogen) atoms. The predicted molar refractivity (Wildman–Crippen MR) is 96.8 cm³/mol. The van der Waals surface area contributed by atoms with Crippen molar-refractivity contribution in [1.29, 1.82) is 0 Å². The maximum absolute atomic E-state index is 12.5. The summed E-state index contributed by atoms with van der Waals surface area (Å²) in [5.74, 6) is 0. The molecule has 0 amide bonds. The summed E-state index contributed by atoms with van der Waals surface area (Å²) in [6.45, 7) is 0. The summed E-state index contributed by atoms with van der Waals surface area (Å²) in [7, 11) is -3.62. The minimum Gasteiger partial charge on any atom is -0.279 e. The minimum atomic E-state index is -3.62. The van der Waals surface area contributed by atoms with E-state index in [1.807, 2.05) is 42.5 Å². The number of sulfonamides is 1. The number of benzene rings is 3. The lowest BCUT2D eigenvalue weighted by Crippen LogP contribution is -2.13. The van der Waals surface area contributed by atoms with Crippen LogP contribution in [0.5, 0.6) is 0 Å². The molecule has 3 aromatic carbocycles. The number of hydrogen-bond acceptors (Lipinski definition) is 2. The largest absolute Gasteiger partial charge is 0.279 e. The molecular formula is C18H14BrNO2S. The molecule has 0 spiro atoms. The van der Waals surface area contributed by atoms with E-state index in [9.17, 15) is 8.42 Å². The number of rotatable bonds is 4. The van der Waals surface area contributed by atoms with Gasteiger partial charge in [0.2, 0.25) is 0 Å². The Kier molecular flexibility index (Phi) is 4.50. The van der Waals surface area contributed by atoms with E-state index in [1.54, 1.807) is 36.4 Å². The quantitative estimate of drug-likeness (QED) is 0.690. The van der Waals surface area contributed by atoms with E-state index in [2.05, 4.69) is 20.7 Å². The monoisotopic (exact) mass is 387 g/mol. The number of halogens is 1. The minimum absolute atomic E-state index is 0.238. The Balaban J connectivity index is 2.05. The van der Waals surface area contributed by atoms with Gasteiger partial charge in [-0.05, 0) is 35.9 Å². The molecule has 0 saturated carbocycles. The molecular weight excluding hydrogens is 374 g/mol. The molecule has 0 bridgehead atoms. The summed E-state index contributed by atoms with van der Waals surface area (Å²) < 4.78 is 28.7. The Labute approximate surface area is 144 Å². The lowest BCUT2D eigenvalue weighted by atomic mass is 10.0. The zero-order chi connectivity index (χ0) is 16.3. The standard InChI is InChI=1S/C18H14BrNO2S/c19-15-11-12-18(17(13-15)14-7-3-1-4-8-14)20-23(21,22)16-9-5-2-6-10-16/h1-13,20H. The van der Waals surface area contributed by atoms with Crippen LogP contribution in [0.15, 0.2) is 88.2 Å². The van der Waals surface area contributed by atoms with Crippen molar-refractivity contribution < 1.29 is 8.42 Å². The first-order valence-electron chi connectivity index (χ1n) is 6.99. The number of hydrogen-bond donors (Lipinski definition) is 1. The Morgan fingerprint density at radius 1 is 0.783 bits per heavy atom. The fraction of sp³-hybridized carbons (Fsp3) is 0. The average molecular weight is 388 g/mol. The van der Waals surface area contributed by atoms with Gasteiger partial charge in [-0.1, -0.05) is 64.5 Å². The molecule has 0 aromatic heterocycles. The van der Waals surface area contributed by atoms with Crippen molar-refractivity contribution >= 4 is 31.6 Å². The van der Waals surface area contributed by atoms with E-state index in [-0.39, 0.29) is 4.90 Å². The predicted octanol–water partition coefficient (Wildman–Crippen LogP) is 4.92. The van der Waals surface area contributed by atoms with Crippen LogP contribution in [-0.2, 0) is 10.0 Å². The summed E-state index contributed by atoms with van der Waals surface area (Å²) in [5.41, 5.74) is 2.31. The second kappa shape index (κ2) is 6.56. The molecule has 0 saturated heterocycles. The molecule has 0 fully saturated rings. The second-order valence-electron chi connectivity index (χ2n) is 4.97. The summed E-state index contributed by atoms with van der Waals surface area (Å²) >= 11 is 3.44. The summed E-state index contributed by atoms with van der Waals surface area (Å²) in [6, 6.07) is 23.5. The van der Waals surface area contributed by atoms with Crippen molar-refractivity contribution in [2.24, 2.45) is 0 Å². The van der Waals surface area contributed by atoms with Gasteiger partial charge in [0.05, 0.1) is 10.6 Å². The molecule has 0 aliphatic rings. The van der Waals surface area contributed by atoms with E-state index in [0.717, 1.165) is 15.6 Å². The van der Waals surface area contributed by atoms with Crippen LogP contribution in [0.1, 0.15) is 0 Å². The van der Waals surface area contributed by atoms with Gasteiger partial charge in [0.15, 0.2) is 0 Å². The van der Waals surface area contributed by atoms with Crippen molar-refractivity contribution in [3.63, 3.8) is 0 Å². The van der Waals surface area contributed by atoms with Gasteiger partial charge < -0.3 is 0 Å². The van der Waals surface area contributed by atoms with Crippen molar-refractivity contribution in [1.82, 2.24) is 0 Å². The first kappa shape index (κ1) is 15.8. The molecule has 1 N–H and O–H groups in total. The van der Waals surface area contributed by atoms with Gasteiger partial charge in [-0.15, -0.1) is 0 Å². The number of nitrogens with one attached hydrogen (secondary N) is 1. The lowest BCUT2D eigenvalue weighted by Gasteiger charge is -2.13. The van der Waals surface area contributed by atoms with Crippen molar-refractivity contribution in [2.45, 2.75) is 4.90 Å². The molecule has 0 unspecified atom stereocenters. The first-order chi connectivity index (χ1) is 11.1. The normalized spacial score (nSPS) is 11.2. The summed E-state index contributed by atoms with van der Waals surface area (Å²) in [5, 5.41) is 0. The van der Waals surface area contributed by atoms with Crippen LogP contribution in [0.3, 0.4) is 0 Å². The van der Waals surface area contributed by atoms with Gasteiger partial charge in [0.25, 0.3) is 10.0 Å². The van der Waals surface area contributed by atoms with Crippen LogP contribution in [0.25, 0.3) is 11.1 Å². The third-order valence-corrected chi connectivity index (χ3v) is 5.24. The molecule has 5 heteroatoms. The lowest BCUT2D eigenvalue weighted by molar-refractivity contribution is 0.601.